The van der Waals surface area contributed by atoms with E-state index in [9.17, 15) is 9.59 Å². The van der Waals surface area contributed by atoms with Gasteiger partial charge in [0, 0.05) is 12.5 Å². The van der Waals surface area contributed by atoms with Crippen molar-refractivity contribution in [3.8, 4) is 0 Å². The third-order valence-corrected chi connectivity index (χ3v) is 9.13. The summed E-state index contributed by atoms with van der Waals surface area (Å²) >= 11 is 0. The van der Waals surface area contributed by atoms with Gasteiger partial charge in [-0.25, -0.2) is 4.79 Å². The molecule has 4 nitrogen and oxygen atoms in total. The first kappa shape index (κ1) is 36.4. The van der Waals surface area contributed by atoms with E-state index in [2.05, 4.69) is 26.0 Å². The Morgan fingerprint density at radius 2 is 1.00 bits per heavy atom. The molecular formula is C36H64O4. The van der Waals surface area contributed by atoms with E-state index in [0.717, 1.165) is 49.4 Å². The van der Waals surface area contributed by atoms with Gasteiger partial charge >= 0.3 is 11.9 Å². The Morgan fingerprint density at radius 1 is 0.575 bits per heavy atom. The SMILES string of the molecule is CCCCCC1C=CC(CCCCCCCCC(=O)O)C(CCCCCCCCC=CC(=O)O)C1CCCCC. The van der Waals surface area contributed by atoms with Crippen LogP contribution >= 0.6 is 0 Å². The average Bonchev–Trinajstić information content (AvgIpc) is 2.92. The fraction of sp³-hybridized carbons (Fsp3) is 0.833. The molecule has 40 heavy (non-hydrogen) atoms. The zero-order valence-electron chi connectivity index (χ0n) is 26.3. The monoisotopic (exact) mass is 560 g/mol. The summed E-state index contributed by atoms with van der Waals surface area (Å²) in [5.41, 5.74) is 0. The molecule has 4 atom stereocenters. The number of aliphatic carboxylic acids is 2. The third kappa shape index (κ3) is 18.7. The number of carboxylic acids is 2. The van der Waals surface area contributed by atoms with Gasteiger partial charge in [0.15, 0.2) is 0 Å². The molecule has 0 aromatic heterocycles. The highest BCUT2D eigenvalue weighted by Gasteiger charge is 2.34. The number of hydrogen-bond acceptors (Lipinski definition) is 2. The van der Waals surface area contributed by atoms with Gasteiger partial charge in [0.05, 0.1) is 0 Å². The zero-order valence-corrected chi connectivity index (χ0v) is 26.3. The molecule has 4 unspecified atom stereocenters. The topological polar surface area (TPSA) is 74.6 Å². The van der Waals surface area contributed by atoms with Crippen LogP contribution in [-0.2, 0) is 9.59 Å². The van der Waals surface area contributed by atoms with Crippen LogP contribution in [0.2, 0.25) is 0 Å². The lowest BCUT2D eigenvalue weighted by Crippen LogP contribution is -2.32. The van der Waals surface area contributed by atoms with Gasteiger partial charge in [-0.2, -0.15) is 0 Å². The highest BCUT2D eigenvalue weighted by atomic mass is 16.4. The Bertz CT molecular complexity index is 682. The van der Waals surface area contributed by atoms with Crippen molar-refractivity contribution in [1.82, 2.24) is 0 Å². The standard InChI is InChI=1S/C36H64O4/c1-3-5-17-23-31-29-30-32(24-19-13-11-12-16-22-28-36(39)40)34(33(31)25-18-6-4-2)26-20-14-9-7-8-10-15-21-27-35(37)38/h21,27,29-34H,3-20,22-26,28H2,1-2H3,(H,37,38)(H,39,40). The van der Waals surface area contributed by atoms with Crippen molar-refractivity contribution in [2.45, 2.75) is 168 Å². The summed E-state index contributed by atoms with van der Waals surface area (Å²) in [5, 5.41) is 17.5. The predicted octanol–water partition coefficient (Wildman–Crippen LogP) is 11.1. The van der Waals surface area contributed by atoms with Crippen LogP contribution in [0.1, 0.15) is 168 Å². The first-order chi connectivity index (χ1) is 19.5. The molecule has 1 aliphatic carbocycles. The van der Waals surface area contributed by atoms with Crippen molar-refractivity contribution >= 4 is 11.9 Å². The Morgan fingerprint density at radius 3 is 1.50 bits per heavy atom. The van der Waals surface area contributed by atoms with Gasteiger partial charge in [-0.1, -0.05) is 135 Å². The molecule has 0 bridgehead atoms. The van der Waals surface area contributed by atoms with Crippen LogP contribution in [0.4, 0.5) is 0 Å². The first-order valence-corrected chi connectivity index (χ1v) is 17.3. The van der Waals surface area contributed by atoms with Crippen LogP contribution in [0.25, 0.3) is 0 Å². The minimum atomic E-state index is -0.843. The molecule has 0 aromatic rings. The van der Waals surface area contributed by atoms with Gasteiger partial charge in [-0.05, 0) is 68.6 Å². The summed E-state index contributed by atoms with van der Waals surface area (Å²) in [5.74, 6) is 1.70. The van der Waals surface area contributed by atoms with Crippen molar-refractivity contribution in [2.24, 2.45) is 23.7 Å². The highest BCUT2D eigenvalue weighted by molar-refractivity contribution is 5.79. The van der Waals surface area contributed by atoms with E-state index in [-0.39, 0.29) is 0 Å². The van der Waals surface area contributed by atoms with Crippen molar-refractivity contribution in [3.05, 3.63) is 24.3 Å². The van der Waals surface area contributed by atoms with E-state index in [1.54, 1.807) is 6.08 Å². The second kappa shape index (κ2) is 25.2. The summed E-state index contributed by atoms with van der Waals surface area (Å²) < 4.78 is 0. The molecule has 232 valence electrons. The van der Waals surface area contributed by atoms with E-state index in [0.29, 0.717) is 6.42 Å². The maximum atomic E-state index is 10.7. The summed E-state index contributed by atoms with van der Waals surface area (Å²) in [6, 6.07) is 0. The van der Waals surface area contributed by atoms with Gasteiger partial charge in [0.1, 0.15) is 0 Å². The maximum absolute atomic E-state index is 10.7. The summed E-state index contributed by atoms with van der Waals surface area (Å²) in [7, 11) is 0. The first-order valence-electron chi connectivity index (χ1n) is 17.3. The average molecular weight is 561 g/mol. The van der Waals surface area contributed by atoms with E-state index in [4.69, 9.17) is 10.2 Å². The Labute approximate surface area is 247 Å². The van der Waals surface area contributed by atoms with Gasteiger partial charge in [0.25, 0.3) is 0 Å². The molecule has 0 saturated heterocycles. The van der Waals surface area contributed by atoms with Crippen LogP contribution in [0.3, 0.4) is 0 Å². The number of unbranched alkanes of at least 4 members (excludes halogenated alkanes) is 15. The lowest BCUT2D eigenvalue weighted by atomic mass is 9.64. The minimum absolute atomic E-state index is 0.317. The normalized spacial score (nSPS) is 20.9. The quantitative estimate of drug-likeness (QED) is 0.0595. The molecule has 0 spiro atoms. The zero-order chi connectivity index (χ0) is 29.3. The molecule has 1 aliphatic rings. The lowest BCUT2D eigenvalue weighted by Gasteiger charge is -2.41. The van der Waals surface area contributed by atoms with Crippen LogP contribution in [0, 0.1) is 23.7 Å². The molecule has 1 rings (SSSR count). The molecule has 0 fully saturated rings. The second-order valence-electron chi connectivity index (χ2n) is 12.5. The maximum Gasteiger partial charge on any atom is 0.327 e. The molecule has 0 aromatic carbocycles. The van der Waals surface area contributed by atoms with Crippen molar-refractivity contribution in [1.29, 1.82) is 0 Å². The van der Waals surface area contributed by atoms with E-state index < -0.39 is 11.9 Å². The molecule has 0 heterocycles. The number of allylic oxidation sites excluding steroid dienone is 3. The van der Waals surface area contributed by atoms with E-state index in [1.807, 2.05) is 0 Å². The molecule has 4 heteroatoms. The highest BCUT2D eigenvalue weighted by Crippen LogP contribution is 2.44. The third-order valence-electron chi connectivity index (χ3n) is 9.13. The second-order valence-corrected chi connectivity index (χ2v) is 12.5. The molecule has 2 N–H and O–H groups in total. The van der Waals surface area contributed by atoms with Gasteiger partial charge in [-0.15, -0.1) is 0 Å². The Balaban J connectivity index is 2.60. The molecule has 0 aliphatic heterocycles. The lowest BCUT2D eigenvalue weighted by molar-refractivity contribution is -0.137. The number of carboxylic acid groups (broad SMARTS) is 2. The fourth-order valence-corrected chi connectivity index (χ4v) is 6.84. The van der Waals surface area contributed by atoms with Crippen LogP contribution in [0.15, 0.2) is 24.3 Å². The number of carbonyl (C=O) groups is 2. The van der Waals surface area contributed by atoms with Gasteiger partial charge in [-0.3, -0.25) is 4.79 Å². The van der Waals surface area contributed by atoms with Gasteiger partial charge in [0.2, 0.25) is 0 Å². The molecule has 0 radical (unpaired) electrons. The van der Waals surface area contributed by atoms with Crippen molar-refractivity contribution < 1.29 is 19.8 Å². The van der Waals surface area contributed by atoms with Gasteiger partial charge < -0.3 is 10.2 Å². The summed E-state index contributed by atoms with van der Waals surface area (Å²) in [6.07, 6.45) is 37.5. The summed E-state index contributed by atoms with van der Waals surface area (Å²) in [4.78, 5) is 21.3. The molecule has 0 saturated carbocycles. The number of hydrogen-bond donors (Lipinski definition) is 2. The predicted molar refractivity (Wildman–Crippen MR) is 170 cm³/mol. The van der Waals surface area contributed by atoms with E-state index >= 15 is 0 Å². The number of rotatable bonds is 27. The minimum Gasteiger partial charge on any atom is -0.481 e. The fourth-order valence-electron chi connectivity index (χ4n) is 6.84. The molecule has 0 amide bonds. The summed E-state index contributed by atoms with van der Waals surface area (Å²) in [6.45, 7) is 4.64. The van der Waals surface area contributed by atoms with Crippen molar-refractivity contribution in [3.63, 3.8) is 0 Å². The Hall–Kier alpha value is -1.58. The van der Waals surface area contributed by atoms with Crippen LogP contribution < -0.4 is 0 Å². The smallest absolute Gasteiger partial charge is 0.327 e. The van der Waals surface area contributed by atoms with Crippen LogP contribution in [-0.4, -0.2) is 22.2 Å². The Kier molecular flexibility index (Phi) is 22.9. The van der Waals surface area contributed by atoms with E-state index in [1.165, 1.54) is 128 Å². The van der Waals surface area contributed by atoms with Crippen molar-refractivity contribution in [2.75, 3.05) is 0 Å². The van der Waals surface area contributed by atoms with Crippen LogP contribution in [0.5, 0.6) is 0 Å². The molecular weight excluding hydrogens is 496 g/mol. The largest absolute Gasteiger partial charge is 0.481 e.